The molecular weight excluding hydrogens is 264 g/mol. The normalized spacial score (nSPS) is 14.3. The zero-order valence-corrected chi connectivity index (χ0v) is 13.5. The van der Waals surface area contributed by atoms with Crippen LogP contribution in [0.2, 0.25) is 0 Å². The second-order valence-corrected chi connectivity index (χ2v) is 6.26. The number of urea groups is 1. The van der Waals surface area contributed by atoms with Gasteiger partial charge >= 0.3 is 6.03 Å². The first kappa shape index (κ1) is 17.5. The van der Waals surface area contributed by atoms with E-state index in [1.165, 1.54) is 0 Å². The van der Waals surface area contributed by atoms with Crippen molar-refractivity contribution in [2.75, 3.05) is 6.54 Å². The van der Waals surface area contributed by atoms with Gasteiger partial charge in [0.15, 0.2) is 0 Å². The number of hydrogen-bond donors (Lipinski definition) is 3. The molecule has 3 N–H and O–H groups in total. The molecule has 0 aliphatic carbocycles. The van der Waals surface area contributed by atoms with Gasteiger partial charge in [0.2, 0.25) is 0 Å². The molecule has 0 aromatic heterocycles. The van der Waals surface area contributed by atoms with Gasteiger partial charge in [0, 0.05) is 18.0 Å². The summed E-state index contributed by atoms with van der Waals surface area (Å²) in [6.07, 6.45) is 1.10. The van der Waals surface area contributed by atoms with E-state index in [1.807, 2.05) is 51.1 Å². The van der Waals surface area contributed by atoms with Crippen LogP contribution in [0.15, 0.2) is 30.3 Å². The van der Waals surface area contributed by atoms with E-state index < -0.39 is 6.10 Å². The molecule has 2 amide bonds. The fourth-order valence-electron chi connectivity index (χ4n) is 2.13. The molecule has 0 heterocycles. The van der Waals surface area contributed by atoms with Gasteiger partial charge in [-0.05, 0) is 39.2 Å². The molecule has 0 saturated carbocycles. The smallest absolute Gasteiger partial charge is 0.315 e. The highest BCUT2D eigenvalue weighted by molar-refractivity contribution is 5.74. The van der Waals surface area contributed by atoms with Crippen LogP contribution in [0, 0.1) is 0 Å². The molecule has 0 spiro atoms. The van der Waals surface area contributed by atoms with Gasteiger partial charge in [0.1, 0.15) is 0 Å². The number of carbonyl (C=O) groups excluding carboxylic acids is 1. The van der Waals surface area contributed by atoms with E-state index in [9.17, 15) is 9.90 Å². The fraction of sp³-hybridized carbons (Fsp3) is 0.588. The van der Waals surface area contributed by atoms with Crippen molar-refractivity contribution in [3.8, 4) is 0 Å². The van der Waals surface area contributed by atoms with Crippen molar-refractivity contribution in [2.45, 2.75) is 58.1 Å². The van der Waals surface area contributed by atoms with Crippen LogP contribution in [-0.4, -0.2) is 29.3 Å². The summed E-state index contributed by atoms with van der Waals surface area (Å²) in [7, 11) is 0. The zero-order valence-electron chi connectivity index (χ0n) is 13.5. The summed E-state index contributed by atoms with van der Waals surface area (Å²) in [5.41, 5.74) is 0.921. The fourth-order valence-corrected chi connectivity index (χ4v) is 2.13. The number of amides is 2. The van der Waals surface area contributed by atoms with Crippen LogP contribution in [0.4, 0.5) is 4.79 Å². The minimum absolute atomic E-state index is 0.113. The molecule has 2 unspecified atom stereocenters. The van der Waals surface area contributed by atoms with E-state index in [0.717, 1.165) is 12.0 Å². The third-order valence-electron chi connectivity index (χ3n) is 3.74. The van der Waals surface area contributed by atoms with Crippen LogP contribution >= 0.6 is 0 Å². The quantitative estimate of drug-likeness (QED) is 0.723. The van der Waals surface area contributed by atoms with E-state index in [-0.39, 0.29) is 17.5 Å². The molecule has 0 radical (unpaired) electrons. The van der Waals surface area contributed by atoms with Crippen molar-refractivity contribution in [2.24, 2.45) is 0 Å². The Morgan fingerprint density at radius 1 is 1.29 bits per heavy atom. The highest BCUT2D eigenvalue weighted by atomic mass is 16.3. The molecule has 0 saturated heterocycles. The van der Waals surface area contributed by atoms with Crippen molar-refractivity contribution >= 4 is 6.03 Å². The van der Waals surface area contributed by atoms with Gasteiger partial charge in [0.25, 0.3) is 0 Å². The van der Waals surface area contributed by atoms with Crippen molar-refractivity contribution in [1.29, 1.82) is 0 Å². The van der Waals surface area contributed by atoms with Crippen LogP contribution in [0.3, 0.4) is 0 Å². The van der Waals surface area contributed by atoms with Gasteiger partial charge in [-0.25, -0.2) is 4.79 Å². The van der Waals surface area contributed by atoms with Crippen molar-refractivity contribution in [3.05, 3.63) is 35.9 Å². The van der Waals surface area contributed by atoms with Gasteiger partial charge in [-0.2, -0.15) is 0 Å². The summed E-state index contributed by atoms with van der Waals surface area (Å²) in [5.74, 6) is 0.113. The molecule has 1 rings (SSSR count). The summed E-state index contributed by atoms with van der Waals surface area (Å²) in [6.45, 7) is 8.32. The van der Waals surface area contributed by atoms with E-state index >= 15 is 0 Å². The van der Waals surface area contributed by atoms with Gasteiger partial charge in [0.05, 0.1) is 6.10 Å². The number of aliphatic hydroxyl groups excluding tert-OH is 1. The highest BCUT2D eigenvalue weighted by Crippen LogP contribution is 2.20. The van der Waals surface area contributed by atoms with E-state index in [1.54, 1.807) is 6.92 Å². The van der Waals surface area contributed by atoms with E-state index in [0.29, 0.717) is 13.0 Å². The van der Waals surface area contributed by atoms with Crippen LogP contribution in [-0.2, 0) is 0 Å². The molecule has 2 atom stereocenters. The standard InChI is InChI=1S/C17H28N2O2/c1-5-17(3,4)19-16(21)18-12-15(11-13(2)20)14-9-7-6-8-10-14/h6-10,13,15,20H,5,11-12H2,1-4H3,(H2,18,19,21). The molecule has 118 valence electrons. The Morgan fingerprint density at radius 2 is 1.90 bits per heavy atom. The third-order valence-corrected chi connectivity index (χ3v) is 3.74. The van der Waals surface area contributed by atoms with Crippen molar-refractivity contribution < 1.29 is 9.90 Å². The summed E-state index contributed by atoms with van der Waals surface area (Å²) in [4.78, 5) is 12.0. The number of aliphatic hydroxyl groups is 1. The molecule has 4 heteroatoms. The molecule has 0 bridgehead atoms. The predicted molar refractivity (Wildman–Crippen MR) is 86.4 cm³/mol. The number of carbonyl (C=O) groups is 1. The third kappa shape index (κ3) is 6.63. The molecular formula is C17H28N2O2. The lowest BCUT2D eigenvalue weighted by Crippen LogP contribution is -2.48. The SMILES string of the molecule is CCC(C)(C)NC(=O)NCC(CC(C)O)c1ccccc1. The van der Waals surface area contributed by atoms with E-state index in [2.05, 4.69) is 10.6 Å². The first-order chi connectivity index (χ1) is 9.84. The second-order valence-electron chi connectivity index (χ2n) is 6.26. The lowest BCUT2D eigenvalue weighted by Gasteiger charge is -2.26. The number of nitrogens with one attached hydrogen (secondary N) is 2. The molecule has 0 aliphatic rings. The predicted octanol–water partition coefficient (Wildman–Crippen LogP) is 3.03. The summed E-state index contributed by atoms with van der Waals surface area (Å²) in [5, 5.41) is 15.5. The Labute approximate surface area is 128 Å². The topological polar surface area (TPSA) is 61.4 Å². The average molecular weight is 292 g/mol. The summed E-state index contributed by atoms with van der Waals surface area (Å²) < 4.78 is 0. The maximum atomic E-state index is 12.0. The lowest BCUT2D eigenvalue weighted by molar-refractivity contribution is 0.172. The number of benzene rings is 1. The average Bonchev–Trinajstić information content (AvgIpc) is 2.43. The van der Waals surface area contributed by atoms with Crippen LogP contribution in [0.25, 0.3) is 0 Å². The van der Waals surface area contributed by atoms with Gasteiger partial charge in [-0.15, -0.1) is 0 Å². The Bertz CT molecular complexity index is 430. The Kier molecular flexibility index (Phi) is 6.69. The van der Waals surface area contributed by atoms with Gasteiger partial charge < -0.3 is 15.7 Å². The molecule has 1 aromatic rings. The van der Waals surface area contributed by atoms with Gasteiger partial charge in [-0.3, -0.25) is 0 Å². The Morgan fingerprint density at radius 3 is 2.43 bits per heavy atom. The molecule has 0 fully saturated rings. The lowest BCUT2D eigenvalue weighted by atomic mass is 9.93. The Balaban J connectivity index is 2.60. The molecule has 21 heavy (non-hydrogen) atoms. The maximum Gasteiger partial charge on any atom is 0.315 e. The minimum Gasteiger partial charge on any atom is -0.393 e. The van der Waals surface area contributed by atoms with Crippen LogP contribution in [0.5, 0.6) is 0 Å². The molecule has 4 nitrogen and oxygen atoms in total. The minimum atomic E-state index is -0.396. The Hall–Kier alpha value is -1.55. The number of hydrogen-bond acceptors (Lipinski definition) is 2. The number of rotatable bonds is 7. The van der Waals surface area contributed by atoms with E-state index in [4.69, 9.17) is 0 Å². The van der Waals surface area contributed by atoms with Crippen LogP contribution < -0.4 is 10.6 Å². The summed E-state index contributed by atoms with van der Waals surface area (Å²) in [6, 6.07) is 9.82. The first-order valence-corrected chi connectivity index (χ1v) is 7.63. The largest absolute Gasteiger partial charge is 0.393 e. The van der Waals surface area contributed by atoms with Crippen molar-refractivity contribution in [1.82, 2.24) is 10.6 Å². The second kappa shape index (κ2) is 8.03. The van der Waals surface area contributed by atoms with Gasteiger partial charge in [-0.1, -0.05) is 37.3 Å². The monoisotopic (exact) mass is 292 g/mol. The summed E-state index contributed by atoms with van der Waals surface area (Å²) >= 11 is 0. The molecule has 1 aromatic carbocycles. The zero-order chi connectivity index (χ0) is 15.9. The van der Waals surface area contributed by atoms with Crippen molar-refractivity contribution in [3.63, 3.8) is 0 Å². The van der Waals surface area contributed by atoms with Crippen LogP contribution in [0.1, 0.15) is 52.0 Å². The first-order valence-electron chi connectivity index (χ1n) is 7.63. The molecule has 0 aliphatic heterocycles. The maximum absolute atomic E-state index is 12.0. The highest BCUT2D eigenvalue weighted by Gasteiger charge is 2.19.